The summed E-state index contributed by atoms with van der Waals surface area (Å²) in [6, 6.07) is 7.52. The van der Waals surface area contributed by atoms with Crippen LogP contribution in [-0.4, -0.2) is 30.9 Å². The van der Waals surface area contributed by atoms with Gasteiger partial charge in [-0.15, -0.1) is 0 Å². The molecule has 1 aliphatic rings. The SMILES string of the molecule is Cc1ccc(N2CCC(NC(=O)CCCCCCN)C2=O)cc1. The fourth-order valence-electron chi connectivity index (χ4n) is 2.84. The number of hydrogen-bond acceptors (Lipinski definition) is 3. The number of rotatable bonds is 8. The van der Waals surface area contributed by atoms with Crippen LogP contribution in [0.25, 0.3) is 0 Å². The summed E-state index contributed by atoms with van der Waals surface area (Å²) in [7, 11) is 0. The number of carbonyl (C=O) groups excluding carboxylic acids is 2. The van der Waals surface area contributed by atoms with Gasteiger partial charge in [0.05, 0.1) is 0 Å². The lowest BCUT2D eigenvalue weighted by Crippen LogP contribution is -2.41. The predicted molar refractivity (Wildman–Crippen MR) is 92.2 cm³/mol. The molecule has 1 aliphatic heterocycles. The maximum atomic E-state index is 12.4. The normalized spacial score (nSPS) is 17.6. The van der Waals surface area contributed by atoms with Gasteiger partial charge >= 0.3 is 0 Å². The first-order valence-corrected chi connectivity index (χ1v) is 8.49. The first-order valence-electron chi connectivity index (χ1n) is 8.49. The van der Waals surface area contributed by atoms with Crippen molar-refractivity contribution in [1.82, 2.24) is 5.32 Å². The topological polar surface area (TPSA) is 75.4 Å². The molecule has 1 fully saturated rings. The molecule has 0 bridgehead atoms. The second kappa shape index (κ2) is 8.67. The monoisotopic (exact) mass is 317 g/mol. The second-order valence-corrected chi connectivity index (χ2v) is 6.19. The van der Waals surface area contributed by atoms with Crippen LogP contribution in [-0.2, 0) is 9.59 Å². The van der Waals surface area contributed by atoms with E-state index in [-0.39, 0.29) is 17.9 Å². The summed E-state index contributed by atoms with van der Waals surface area (Å²) in [6.45, 7) is 3.38. The molecule has 5 nitrogen and oxygen atoms in total. The number of anilines is 1. The smallest absolute Gasteiger partial charge is 0.249 e. The van der Waals surface area contributed by atoms with Gasteiger partial charge in [-0.3, -0.25) is 9.59 Å². The Balaban J connectivity index is 1.78. The first kappa shape index (κ1) is 17.5. The number of carbonyl (C=O) groups is 2. The van der Waals surface area contributed by atoms with Gasteiger partial charge < -0.3 is 16.0 Å². The summed E-state index contributed by atoms with van der Waals surface area (Å²) >= 11 is 0. The van der Waals surface area contributed by atoms with Crippen LogP contribution in [0.4, 0.5) is 5.69 Å². The van der Waals surface area contributed by atoms with E-state index in [9.17, 15) is 9.59 Å². The van der Waals surface area contributed by atoms with Crippen molar-refractivity contribution in [2.24, 2.45) is 5.73 Å². The minimum absolute atomic E-state index is 0.00895. The number of aryl methyl sites for hydroxylation is 1. The zero-order chi connectivity index (χ0) is 16.7. The number of unbranched alkanes of at least 4 members (excludes halogenated alkanes) is 3. The van der Waals surface area contributed by atoms with Gasteiger partial charge in [-0.1, -0.05) is 30.5 Å². The maximum absolute atomic E-state index is 12.4. The highest BCUT2D eigenvalue weighted by Crippen LogP contribution is 2.22. The number of amides is 2. The molecule has 1 aromatic carbocycles. The third kappa shape index (κ3) is 5.06. The van der Waals surface area contributed by atoms with Gasteiger partial charge in [-0.2, -0.15) is 0 Å². The Morgan fingerprint density at radius 3 is 2.61 bits per heavy atom. The number of benzene rings is 1. The lowest BCUT2D eigenvalue weighted by atomic mass is 10.1. The largest absolute Gasteiger partial charge is 0.344 e. The molecule has 126 valence electrons. The van der Waals surface area contributed by atoms with Gasteiger partial charge in [-0.25, -0.2) is 0 Å². The average molecular weight is 317 g/mol. The van der Waals surface area contributed by atoms with Crippen molar-refractivity contribution in [1.29, 1.82) is 0 Å². The Morgan fingerprint density at radius 1 is 1.22 bits per heavy atom. The molecule has 5 heteroatoms. The Bertz CT molecular complexity index is 528. The fourth-order valence-corrected chi connectivity index (χ4v) is 2.84. The standard InChI is InChI=1S/C18H27N3O2/c1-14-7-9-15(10-8-14)21-13-11-16(18(21)23)20-17(22)6-4-2-3-5-12-19/h7-10,16H,2-6,11-13,19H2,1H3,(H,20,22). The van der Waals surface area contributed by atoms with E-state index in [1.807, 2.05) is 31.2 Å². The second-order valence-electron chi connectivity index (χ2n) is 6.19. The van der Waals surface area contributed by atoms with Crippen molar-refractivity contribution >= 4 is 17.5 Å². The van der Waals surface area contributed by atoms with E-state index in [1.165, 1.54) is 5.56 Å². The summed E-state index contributed by atoms with van der Waals surface area (Å²) in [6.07, 6.45) is 5.10. The molecule has 0 aliphatic carbocycles. The molecule has 1 unspecified atom stereocenters. The van der Waals surface area contributed by atoms with Gasteiger partial charge in [0, 0.05) is 18.7 Å². The highest BCUT2D eigenvalue weighted by Gasteiger charge is 2.33. The van der Waals surface area contributed by atoms with E-state index >= 15 is 0 Å². The van der Waals surface area contributed by atoms with Crippen LogP contribution < -0.4 is 16.0 Å². The quantitative estimate of drug-likeness (QED) is 0.721. The van der Waals surface area contributed by atoms with Gasteiger partial charge in [-0.05, 0) is 44.9 Å². The summed E-state index contributed by atoms with van der Waals surface area (Å²) < 4.78 is 0. The van der Waals surface area contributed by atoms with Crippen molar-refractivity contribution in [3.63, 3.8) is 0 Å². The van der Waals surface area contributed by atoms with Crippen molar-refractivity contribution in [2.45, 2.75) is 51.5 Å². The van der Waals surface area contributed by atoms with Crippen LogP contribution in [0.1, 0.15) is 44.1 Å². The molecule has 1 aromatic rings. The van der Waals surface area contributed by atoms with Crippen LogP contribution >= 0.6 is 0 Å². The van der Waals surface area contributed by atoms with Crippen molar-refractivity contribution in [2.75, 3.05) is 18.0 Å². The molecule has 2 amide bonds. The lowest BCUT2D eigenvalue weighted by Gasteiger charge is -2.17. The van der Waals surface area contributed by atoms with Gasteiger partial charge in [0.25, 0.3) is 0 Å². The van der Waals surface area contributed by atoms with Gasteiger partial charge in [0.2, 0.25) is 11.8 Å². The predicted octanol–water partition coefficient (Wildman–Crippen LogP) is 2.13. The number of nitrogens with one attached hydrogen (secondary N) is 1. The summed E-state index contributed by atoms with van der Waals surface area (Å²) in [5, 5.41) is 2.88. The molecule has 0 aromatic heterocycles. The molecule has 0 radical (unpaired) electrons. The van der Waals surface area contributed by atoms with Gasteiger partial charge in [0.15, 0.2) is 0 Å². The maximum Gasteiger partial charge on any atom is 0.249 e. The summed E-state index contributed by atoms with van der Waals surface area (Å²) in [5.41, 5.74) is 7.51. The van der Waals surface area contributed by atoms with E-state index < -0.39 is 0 Å². The highest BCUT2D eigenvalue weighted by atomic mass is 16.2. The van der Waals surface area contributed by atoms with Crippen LogP contribution in [0.5, 0.6) is 0 Å². The number of hydrogen-bond donors (Lipinski definition) is 2. The number of nitrogens with two attached hydrogens (primary N) is 1. The Hall–Kier alpha value is -1.88. The van der Waals surface area contributed by atoms with Gasteiger partial charge in [0.1, 0.15) is 6.04 Å². The molecular weight excluding hydrogens is 290 g/mol. The van der Waals surface area contributed by atoms with Crippen LogP contribution in [0.3, 0.4) is 0 Å². The van der Waals surface area contributed by atoms with E-state index in [0.29, 0.717) is 25.9 Å². The third-order valence-corrected chi connectivity index (χ3v) is 4.24. The number of nitrogens with zero attached hydrogens (tertiary/aromatic N) is 1. The lowest BCUT2D eigenvalue weighted by molar-refractivity contribution is -0.126. The van der Waals surface area contributed by atoms with Crippen molar-refractivity contribution < 1.29 is 9.59 Å². The van der Waals surface area contributed by atoms with Crippen LogP contribution in [0.2, 0.25) is 0 Å². The van der Waals surface area contributed by atoms with Crippen molar-refractivity contribution in [3.8, 4) is 0 Å². The molecule has 1 atom stereocenters. The molecule has 1 heterocycles. The zero-order valence-electron chi connectivity index (χ0n) is 13.9. The Labute approximate surface area is 138 Å². The highest BCUT2D eigenvalue weighted by molar-refractivity contribution is 6.01. The van der Waals surface area contributed by atoms with E-state index in [4.69, 9.17) is 5.73 Å². The molecule has 0 saturated carbocycles. The first-order chi connectivity index (χ1) is 11.1. The molecule has 2 rings (SSSR count). The third-order valence-electron chi connectivity index (χ3n) is 4.24. The molecule has 1 saturated heterocycles. The fraction of sp³-hybridized carbons (Fsp3) is 0.556. The minimum atomic E-state index is -0.382. The Kier molecular flexibility index (Phi) is 6.59. The van der Waals surface area contributed by atoms with Crippen LogP contribution in [0.15, 0.2) is 24.3 Å². The summed E-state index contributed by atoms with van der Waals surface area (Å²) in [5.74, 6) is -0.0350. The van der Waals surface area contributed by atoms with E-state index in [1.54, 1.807) is 4.90 Å². The zero-order valence-corrected chi connectivity index (χ0v) is 13.9. The van der Waals surface area contributed by atoms with E-state index in [2.05, 4.69) is 5.32 Å². The summed E-state index contributed by atoms with van der Waals surface area (Å²) in [4.78, 5) is 26.2. The molecule has 3 N–H and O–H groups in total. The van der Waals surface area contributed by atoms with Crippen molar-refractivity contribution in [3.05, 3.63) is 29.8 Å². The van der Waals surface area contributed by atoms with E-state index in [0.717, 1.165) is 31.4 Å². The molecular formula is C18H27N3O2. The minimum Gasteiger partial charge on any atom is -0.344 e. The Morgan fingerprint density at radius 2 is 1.91 bits per heavy atom. The van der Waals surface area contributed by atoms with Crippen LogP contribution in [0, 0.1) is 6.92 Å². The molecule has 23 heavy (non-hydrogen) atoms. The average Bonchev–Trinajstić information content (AvgIpc) is 2.89. The molecule has 0 spiro atoms.